The lowest BCUT2D eigenvalue weighted by atomic mass is 10.3. The molecule has 1 aromatic heterocycles. The van der Waals surface area contributed by atoms with Crippen molar-refractivity contribution in [2.75, 3.05) is 17.2 Å². The van der Waals surface area contributed by atoms with Gasteiger partial charge in [0.25, 0.3) is 0 Å². The van der Waals surface area contributed by atoms with Gasteiger partial charge < -0.3 is 15.0 Å². The second kappa shape index (κ2) is 4.26. The summed E-state index contributed by atoms with van der Waals surface area (Å²) in [6, 6.07) is 1.91. The van der Waals surface area contributed by atoms with Gasteiger partial charge in [-0.1, -0.05) is 0 Å². The number of aromatic nitrogens is 1. The highest BCUT2D eigenvalue weighted by molar-refractivity contribution is 7.91. The Balaban J connectivity index is 1.74. The van der Waals surface area contributed by atoms with E-state index in [1.54, 1.807) is 12.3 Å². The van der Waals surface area contributed by atoms with Crippen LogP contribution in [0, 0.1) is 0 Å². The van der Waals surface area contributed by atoms with Crippen molar-refractivity contribution < 1.29 is 17.9 Å². The summed E-state index contributed by atoms with van der Waals surface area (Å²) < 4.78 is 29.8. The number of hydrogen-bond donors (Lipinski definition) is 1. The Morgan fingerprint density at radius 2 is 2.11 bits per heavy atom. The second-order valence-electron chi connectivity index (χ2n) is 5.23. The Morgan fingerprint density at radius 1 is 1.37 bits per heavy atom. The fraction of sp³-hybridized carbons (Fsp3) is 0.583. The van der Waals surface area contributed by atoms with Gasteiger partial charge >= 0.3 is 5.97 Å². The Labute approximate surface area is 111 Å². The van der Waals surface area contributed by atoms with Gasteiger partial charge in [0, 0.05) is 12.2 Å². The van der Waals surface area contributed by atoms with Gasteiger partial charge in [0.15, 0.2) is 9.84 Å². The number of hydrogen-bond acceptors (Lipinski definition) is 5. The fourth-order valence-electron chi connectivity index (χ4n) is 2.38. The van der Waals surface area contributed by atoms with E-state index in [0.717, 1.165) is 12.8 Å². The first-order valence-electron chi connectivity index (χ1n) is 6.33. The maximum absolute atomic E-state index is 12.1. The summed E-state index contributed by atoms with van der Waals surface area (Å²) in [4.78, 5) is 12.1. The van der Waals surface area contributed by atoms with E-state index >= 15 is 0 Å². The molecule has 2 N–H and O–H groups in total. The van der Waals surface area contributed by atoms with Crippen LogP contribution in [0.5, 0.6) is 0 Å². The van der Waals surface area contributed by atoms with Crippen LogP contribution >= 0.6 is 0 Å². The number of esters is 1. The molecule has 1 saturated carbocycles. The van der Waals surface area contributed by atoms with Gasteiger partial charge in [-0.2, -0.15) is 0 Å². The van der Waals surface area contributed by atoms with Crippen molar-refractivity contribution in [3.8, 4) is 0 Å². The maximum atomic E-state index is 12.1. The van der Waals surface area contributed by atoms with Crippen LogP contribution in [-0.4, -0.2) is 36.6 Å². The normalized spacial score (nSPS) is 25.4. The lowest BCUT2D eigenvalue weighted by Crippen LogP contribution is -2.21. The molecule has 19 heavy (non-hydrogen) atoms. The summed E-state index contributed by atoms with van der Waals surface area (Å²) in [5, 5.41) is 0. The van der Waals surface area contributed by atoms with Crippen molar-refractivity contribution in [3.05, 3.63) is 18.0 Å². The van der Waals surface area contributed by atoms with E-state index in [-0.39, 0.29) is 11.5 Å². The Kier molecular flexibility index (Phi) is 2.81. The molecule has 2 fully saturated rings. The van der Waals surface area contributed by atoms with Crippen molar-refractivity contribution in [2.24, 2.45) is 0 Å². The van der Waals surface area contributed by atoms with Crippen LogP contribution < -0.4 is 5.73 Å². The quantitative estimate of drug-likeness (QED) is 0.827. The molecule has 1 unspecified atom stereocenters. The van der Waals surface area contributed by atoms with Crippen molar-refractivity contribution >= 4 is 21.5 Å². The Hall–Kier alpha value is -1.50. The molecule has 2 aliphatic rings. The SMILES string of the molecule is Nc1cc(C(=O)OC2CCS(=O)(=O)C2)n(C2CC2)c1. The minimum atomic E-state index is -3.04. The number of ether oxygens (including phenoxy) is 1. The molecule has 1 aliphatic heterocycles. The van der Waals surface area contributed by atoms with Gasteiger partial charge in [0.05, 0.1) is 17.2 Å². The van der Waals surface area contributed by atoms with Gasteiger partial charge in [-0.05, 0) is 25.3 Å². The van der Waals surface area contributed by atoms with Crippen molar-refractivity contribution in [2.45, 2.75) is 31.4 Å². The topological polar surface area (TPSA) is 91.4 Å². The zero-order valence-corrected chi connectivity index (χ0v) is 11.2. The maximum Gasteiger partial charge on any atom is 0.355 e. The van der Waals surface area contributed by atoms with E-state index < -0.39 is 21.9 Å². The van der Waals surface area contributed by atoms with E-state index in [1.165, 1.54) is 0 Å². The van der Waals surface area contributed by atoms with Crippen LogP contribution in [0.1, 0.15) is 35.8 Å². The van der Waals surface area contributed by atoms with Crippen LogP contribution in [0.15, 0.2) is 12.3 Å². The largest absolute Gasteiger partial charge is 0.457 e. The zero-order valence-electron chi connectivity index (χ0n) is 10.4. The third-order valence-corrected chi connectivity index (χ3v) is 5.22. The molecule has 0 amide bonds. The summed E-state index contributed by atoms with van der Waals surface area (Å²) in [5.41, 5.74) is 6.66. The number of anilines is 1. The predicted octanol–water partition coefficient (Wildman–Crippen LogP) is 0.749. The average molecular weight is 284 g/mol. The van der Waals surface area contributed by atoms with Crippen LogP contribution in [0.25, 0.3) is 0 Å². The number of rotatable bonds is 3. The molecule has 1 aromatic rings. The minimum absolute atomic E-state index is 0.0711. The molecule has 1 saturated heterocycles. The molecule has 104 valence electrons. The fourth-order valence-corrected chi connectivity index (χ4v) is 3.97. The van der Waals surface area contributed by atoms with Gasteiger partial charge in [0.2, 0.25) is 0 Å². The molecule has 0 radical (unpaired) electrons. The number of nitrogen functional groups attached to an aromatic ring is 1. The van der Waals surface area contributed by atoms with Crippen molar-refractivity contribution in [1.82, 2.24) is 4.57 Å². The Bertz CT molecular complexity index is 616. The third-order valence-electron chi connectivity index (χ3n) is 3.48. The summed E-state index contributed by atoms with van der Waals surface area (Å²) in [5.74, 6) is -0.458. The van der Waals surface area contributed by atoms with E-state index in [4.69, 9.17) is 10.5 Å². The molecule has 1 aliphatic carbocycles. The minimum Gasteiger partial charge on any atom is -0.457 e. The molecule has 0 bridgehead atoms. The number of nitrogens with zero attached hydrogens (tertiary/aromatic N) is 1. The highest BCUT2D eigenvalue weighted by Gasteiger charge is 2.33. The number of sulfone groups is 1. The van der Waals surface area contributed by atoms with E-state index in [2.05, 4.69) is 0 Å². The molecule has 0 aromatic carbocycles. The second-order valence-corrected chi connectivity index (χ2v) is 7.46. The molecule has 2 heterocycles. The van der Waals surface area contributed by atoms with Gasteiger partial charge in [-0.15, -0.1) is 0 Å². The van der Waals surface area contributed by atoms with E-state index in [9.17, 15) is 13.2 Å². The molecule has 3 rings (SSSR count). The molecule has 0 spiro atoms. The molecule has 1 atom stereocenters. The lowest BCUT2D eigenvalue weighted by molar-refractivity contribution is 0.0343. The first-order valence-corrected chi connectivity index (χ1v) is 8.15. The van der Waals surface area contributed by atoms with Crippen LogP contribution in [0.4, 0.5) is 5.69 Å². The summed E-state index contributed by atoms with van der Waals surface area (Å²) in [6.45, 7) is 0. The Morgan fingerprint density at radius 3 is 2.68 bits per heavy atom. The average Bonchev–Trinajstić information content (AvgIpc) is 3.01. The van der Waals surface area contributed by atoms with Crippen LogP contribution in [0.3, 0.4) is 0 Å². The van der Waals surface area contributed by atoms with E-state index in [1.807, 2.05) is 4.57 Å². The number of nitrogens with two attached hydrogens (primary N) is 1. The van der Waals surface area contributed by atoms with Crippen LogP contribution in [0.2, 0.25) is 0 Å². The van der Waals surface area contributed by atoms with Crippen LogP contribution in [-0.2, 0) is 14.6 Å². The highest BCUT2D eigenvalue weighted by atomic mass is 32.2. The van der Waals surface area contributed by atoms with Gasteiger partial charge in [0.1, 0.15) is 11.8 Å². The van der Waals surface area contributed by atoms with Crippen molar-refractivity contribution in [1.29, 1.82) is 0 Å². The predicted molar refractivity (Wildman–Crippen MR) is 69.6 cm³/mol. The van der Waals surface area contributed by atoms with Gasteiger partial charge in [-0.25, -0.2) is 13.2 Å². The highest BCUT2D eigenvalue weighted by Crippen LogP contribution is 2.37. The van der Waals surface area contributed by atoms with E-state index in [0.29, 0.717) is 23.8 Å². The summed E-state index contributed by atoms with van der Waals surface area (Å²) >= 11 is 0. The van der Waals surface area contributed by atoms with Gasteiger partial charge in [-0.3, -0.25) is 0 Å². The van der Waals surface area contributed by atoms with Crippen molar-refractivity contribution in [3.63, 3.8) is 0 Å². The molecule has 7 heteroatoms. The number of carbonyl (C=O) groups is 1. The zero-order chi connectivity index (χ0) is 13.6. The molecular weight excluding hydrogens is 268 g/mol. The smallest absolute Gasteiger partial charge is 0.355 e. The first-order chi connectivity index (χ1) is 8.94. The molecular formula is C12H16N2O4S. The number of carbonyl (C=O) groups excluding carboxylic acids is 1. The standard InChI is InChI=1S/C12H16N2O4S/c13-8-5-11(14(6-8)9-1-2-9)12(15)18-10-3-4-19(16,17)7-10/h5-6,9-10H,1-4,7,13H2. The monoisotopic (exact) mass is 284 g/mol. The third kappa shape index (κ3) is 2.60. The lowest BCUT2D eigenvalue weighted by Gasteiger charge is -2.11. The first kappa shape index (κ1) is 12.5. The molecule has 6 nitrogen and oxygen atoms in total. The summed E-state index contributed by atoms with van der Waals surface area (Å²) in [7, 11) is -3.04. The summed E-state index contributed by atoms with van der Waals surface area (Å²) in [6.07, 6.45) is 3.66.